The summed E-state index contributed by atoms with van der Waals surface area (Å²) < 4.78 is 5.67. The van der Waals surface area contributed by atoms with Crippen LogP contribution in [0.3, 0.4) is 0 Å². The number of ether oxygens (including phenoxy) is 1. The second-order valence-electron chi connectivity index (χ2n) is 4.00. The molecule has 0 aliphatic rings. The van der Waals surface area contributed by atoms with E-state index in [1.165, 1.54) is 0 Å². The van der Waals surface area contributed by atoms with E-state index in [9.17, 15) is 4.79 Å². The van der Waals surface area contributed by atoms with Crippen LogP contribution in [0.4, 0.5) is 0 Å². The van der Waals surface area contributed by atoms with E-state index < -0.39 is 0 Å². The van der Waals surface area contributed by atoms with Crippen LogP contribution in [0.1, 0.15) is 15.9 Å². The second-order valence-corrected chi connectivity index (χ2v) is 4.41. The van der Waals surface area contributed by atoms with Gasteiger partial charge in [-0.2, -0.15) is 0 Å². The zero-order valence-electron chi connectivity index (χ0n) is 10.3. The largest absolute Gasteiger partial charge is 0.488 e. The summed E-state index contributed by atoms with van der Waals surface area (Å²) in [7, 11) is 0. The third kappa shape index (κ3) is 3.34. The van der Waals surface area contributed by atoms with E-state index >= 15 is 0 Å². The molecule has 0 spiro atoms. The quantitative estimate of drug-likeness (QED) is 0.853. The lowest BCUT2D eigenvalue weighted by atomic mass is 10.1. The summed E-state index contributed by atoms with van der Waals surface area (Å²) in [4.78, 5) is 11.7. The van der Waals surface area contributed by atoms with Gasteiger partial charge in [-0.25, -0.2) is 0 Å². The topological polar surface area (TPSA) is 52.3 Å². The van der Waals surface area contributed by atoms with Gasteiger partial charge in [-0.1, -0.05) is 41.9 Å². The number of nitrogens with two attached hydrogens (primary N) is 1. The minimum Gasteiger partial charge on any atom is -0.488 e. The van der Waals surface area contributed by atoms with Gasteiger partial charge in [0.15, 0.2) is 5.78 Å². The van der Waals surface area contributed by atoms with Crippen molar-refractivity contribution in [3.05, 3.63) is 64.7 Å². The Labute approximate surface area is 117 Å². The van der Waals surface area contributed by atoms with E-state index in [1.54, 1.807) is 24.3 Å². The van der Waals surface area contributed by atoms with E-state index in [2.05, 4.69) is 0 Å². The highest BCUT2D eigenvalue weighted by molar-refractivity contribution is 6.31. The highest BCUT2D eigenvalue weighted by Crippen LogP contribution is 2.22. The van der Waals surface area contributed by atoms with Crippen LogP contribution in [-0.2, 0) is 6.61 Å². The number of hydrogen-bond donors (Lipinski definition) is 1. The maximum atomic E-state index is 11.7. The average molecular weight is 276 g/mol. The molecule has 0 aliphatic carbocycles. The molecule has 2 rings (SSSR count). The van der Waals surface area contributed by atoms with Gasteiger partial charge in [-0.15, -0.1) is 0 Å². The van der Waals surface area contributed by atoms with Crippen molar-refractivity contribution in [1.29, 1.82) is 0 Å². The molecule has 0 radical (unpaired) electrons. The Morgan fingerprint density at radius 1 is 1.11 bits per heavy atom. The van der Waals surface area contributed by atoms with Gasteiger partial charge >= 0.3 is 0 Å². The predicted octanol–water partition coefficient (Wildman–Crippen LogP) is 3.06. The number of para-hydroxylation sites is 1. The monoisotopic (exact) mass is 275 g/mol. The van der Waals surface area contributed by atoms with Crippen molar-refractivity contribution in [2.45, 2.75) is 6.61 Å². The van der Waals surface area contributed by atoms with Crippen molar-refractivity contribution >= 4 is 17.4 Å². The number of carbonyl (C=O) groups excluding carboxylic acids is 1. The molecule has 2 aromatic carbocycles. The SMILES string of the molecule is NCC(=O)c1ccccc1OCc1ccccc1Cl. The van der Waals surface area contributed by atoms with E-state index in [1.807, 2.05) is 24.3 Å². The lowest BCUT2D eigenvalue weighted by molar-refractivity contribution is 0.0997. The van der Waals surface area contributed by atoms with Crippen molar-refractivity contribution < 1.29 is 9.53 Å². The van der Waals surface area contributed by atoms with Crippen LogP contribution in [0.25, 0.3) is 0 Å². The summed E-state index contributed by atoms with van der Waals surface area (Å²) in [6, 6.07) is 14.5. The molecular weight excluding hydrogens is 262 g/mol. The third-order valence-electron chi connectivity index (χ3n) is 2.71. The minimum absolute atomic E-state index is 0.0353. The van der Waals surface area contributed by atoms with Crippen LogP contribution in [0, 0.1) is 0 Å². The molecule has 0 amide bonds. The number of hydrogen-bond acceptors (Lipinski definition) is 3. The van der Waals surface area contributed by atoms with Gasteiger partial charge < -0.3 is 10.5 Å². The number of Topliss-reactive ketones (excluding diaryl/α,β-unsaturated/α-hetero) is 1. The minimum atomic E-state index is -0.144. The van der Waals surface area contributed by atoms with Gasteiger partial charge in [-0.3, -0.25) is 4.79 Å². The molecule has 0 bridgehead atoms. The molecular formula is C15H14ClNO2. The van der Waals surface area contributed by atoms with E-state index in [0.29, 0.717) is 22.9 Å². The maximum Gasteiger partial charge on any atom is 0.180 e. The Hall–Kier alpha value is -1.84. The predicted molar refractivity (Wildman–Crippen MR) is 75.6 cm³/mol. The molecule has 2 aromatic rings. The van der Waals surface area contributed by atoms with Crippen LogP contribution < -0.4 is 10.5 Å². The Kier molecular flexibility index (Phi) is 4.55. The first kappa shape index (κ1) is 13.6. The number of rotatable bonds is 5. The van der Waals surface area contributed by atoms with Gasteiger partial charge in [0.2, 0.25) is 0 Å². The molecule has 19 heavy (non-hydrogen) atoms. The average Bonchev–Trinajstić information content (AvgIpc) is 2.46. The molecule has 0 atom stereocenters. The lowest BCUT2D eigenvalue weighted by Crippen LogP contribution is -2.14. The second kappa shape index (κ2) is 6.36. The Morgan fingerprint density at radius 2 is 1.79 bits per heavy atom. The standard InChI is InChI=1S/C15H14ClNO2/c16-13-7-3-1-5-11(13)10-19-15-8-4-2-6-12(15)14(18)9-17/h1-8H,9-10,17H2. The summed E-state index contributed by atoms with van der Waals surface area (Å²) in [5.41, 5.74) is 6.75. The van der Waals surface area contributed by atoms with Gasteiger partial charge in [0.05, 0.1) is 12.1 Å². The van der Waals surface area contributed by atoms with Gasteiger partial charge in [-0.05, 0) is 18.2 Å². The molecule has 0 aliphatic heterocycles. The van der Waals surface area contributed by atoms with E-state index in [0.717, 1.165) is 5.56 Å². The summed E-state index contributed by atoms with van der Waals surface area (Å²) >= 11 is 6.05. The molecule has 2 N–H and O–H groups in total. The molecule has 0 heterocycles. The van der Waals surface area contributed by atoms with Gasteiger partial charge in [0, 0.05) is 10.6 Å². The molecule has 0 saturated carbocycles. The molecule has 0 unspecified atom stereocenters. The van der Waals surface area contributed by atoms with Crippen LogP contribution in [0.5, 0.6) is 5.75 Å². The molecule has 3 nitrogen and oxygen atoms in total. The normalized spacial score (nSPS) is 10.2. The number of halogens is 1. The van der Waals surface area contributed by atoms with E-state index in [-0.39, 0.29) is 12.3 Å². The summed E-state index contributed by atoms with van der Waals surface area (Å²) in [5, 5.41) is 0.644. The molecule has 98 valence electrons. The fourth-order valence-corrected chi connectivity index (χ4v) is 1.89. The summed E-state index contributed by atoms with van der Waals surface area (Å²) in [6.07, 6.45) is 0. The molecule has 0 aromatic heterocycles. The first-order chi connectivity index (χ1) is 9.22. The third-order valence-corrected chi connectivity index (χ3v) is 3.08. The zero-order chi connectivity index (χ0) is 13.7. The fraction of sp³-hybridized carbons (Fsp3) is 0.133. The van der Waals surface area contributed by atoms with E-state index in [4.69, 9.17) is 22.1 Å². The zero-order valence-corrected chi connectivity index (χ0v) is 11.1. The molecule has 0 fully saturated rings. The highest BCUT2D eigenvalue weighted by atomic mass is 35.5. The fourth-order valence-electron chi connectivity index (χ4n) is 1.70. The van der Waals surface area contributed by atoms with Crippen molar-refractivity contribution in [2.75, 3.05) is 6.54 Å². The van der Waals surface area contributed by atoms with Gasteiger partial charge in [0.25, 0.3) is 0 Å². The highest BCUT2D eigenvalue weighted by Gasteiger charge is 2.10. The Balaban J connectivity index is 2.16. The summed E-state index contributed by atoms with van der Waals surface area (Å²) in [6.45, 7) is 0.279. The van der Waals surface area contributed by atoms with Crippen LogP contribution in [0.15, 0.2) is 48.5 Å². The first-order valence-corrected chi connectivity index (χ1v) is 6.28. The van der Waals surface area contributed by atoms with Crippen LogP contribution in [0.2, 0.25) is 5.02 Å². The van der Waals surface area contributed by atoms with Crippen molar-refractivity contribution in [3.8, 4) is 5.75 Å². The first-order valence-electron chi connectivity index (χ1n) is 5.91. The van der Waals surface area contributed by atoms with Gasteiger partial charge in [0.1, 0.15) is 12.4 Å². The number of carbonyl (C=O) groups is 1. The number of benzene rings is 2. The Morgan fingerprint density at radius 3 is 2.53 bits per heavy atom. The lowest BCUT2D eigenvalue weighted by Gasteiger charge is -2.11. The van der Waals surface area contributed by atoms with Crippen LogP contribution >= 0.6 is 11.6 Å². The maximum absolute atomic E-state index is 11.7. The Bertz CT molecular complexity index is 584. The van der Waals surface area contributed by atoms with Crippen molar-refractivity contribution in [2.24, 2.45) is 5.73 Å². The number of ketones is 1. The van der Waals surface area contributed by atoms with Crippen molar-refractivity contribution in [1.82, 2.24) is 0 Å². The molecule has 0 saturated heterocycles. The van der Waals surface area contributed by atoms with Crippen molar-refractivity contribution in [3.63, 3.8) is 0 Å². The summed E-state index contributed by atoms with van der Waals surface area (Å²) in [5.74, 6) is 0.382. The molecule has 4 heteroatoms. The van der Waals surface area contributed by atoms with Crippen LogP contribution in [-0.4, -0.2) is 12.3 Å². The smallest absolute Gasteiger partial charge is 0.180 e.